The first-order valence-electron chi connectivity index (χ1n) is 7.03. The quantitative estimate of drug-likeness (QED) is 0.903. The molecule has 0 spiro atoms. The van der Waals surface area contributed by atoms with Crippen LogP contribution in [0.2, 0.25) is 0 Å². The highest BCUT2D eigenvalue weighted by Gasteiger charge is 2.27. The Kier molecular flexibility index (Phi) is 4.02. The molecule has 0 saturated carbocycles. The Labute approximate surface area is 118 Å². The Balaban J connectivity index is 1.57. The molecule has 0 bridgehead atoms. The number of benzene rings is 1. The topological polar surface area (TPSA) is 15.3 Å². The highest BCUT2D eigenvalue weighted by atomic mass is 79.9. The van der Waals surface area contributed by atoms with Gasteiger partial charge in [0.25, 0.3) is 0 Å². The predicted octanol–water partition coefficient (Wildman–Crippen LogP) is 2.99. The summed E-state index contributed by atoms with van der Waals surface area (Å²) in [7, 11) is 0. The van der Waals surface area contributed by atoms with Crippen LogP contribution in [0, 0.1) is 0 Å². The molecule has 0 radical (unpaired) electrons. The second-order valence-corrected chi connectivity index (χ2v) is 6.42. The molecule has 1 atom stereocenters. The maximum absolute atomic E-state index is 3.51. The molecule has 2 fully saturated rings. The van der Waals surface area contributed by atoms with E-state index in [1.54, 1.807) is 0 Å². The summed E-state index contributed by atoms with van der Waals surface area (Å²) in [6.45, 7) is 4.94. The molecule has 2 heterocycles. The molecule has 3 heteroatoms. The zero-order valence-corrected chi connectivity index (χ0v) is 12.3. The van der Waals surface area contributed by atoms with E-state index in [0.29, 0.717) is 0 Å². The van der Waals surface area contributed by atoms with Crippen molar-refractivity contribution in [1.29, 1.82) is 0 Å². The number of piperidine rings is 1. The van der Waals surface area contributed by atoms with Gasteiger partial charge in [0, 0.05) is 17.1 Å². The van der Waals surface area contributed by atoms with Crippen LogP contribution in [0.3, 0.4) is 0 Å². The molecule has 18 heavy (non-hydrogen) atoms. The van der Waals surface area contributed by atoms with Gasteiger partial charge in [0.05, 0.1) is 0 Å². The Morgan fingerprint density at radius 3 is 2.39 bits per heavy atom. The van der Waals surface area contributed by atoms with Crippen molar-refractivity contribution < 1.29 is 0 Å². The first-order valence-corrected chi connectivity index (χ1v) is 7.82. The Bertz CT molecular complexity index is 376. The van der Waals surface area contributed by atoms with Crippen LogP contribution in [0.25, 0.3) is 0 Å². The van der Waals surface area contributed by atoms with Gasteiger partial charge in [0.15, 0.2) is 0 Å². The van der Waals surface area contributed by atoms with E-state index in [9.17, 15) is 0 Å². The van der Waals surface area contributed by atoms with Crippen LogP contribution in [0.15, 0.2) is 28.7 Å². The normalized spacial score (nSPS) is 26.6. The zero-order chi connectivity index (χ0) is 12.4. The van der Waals surface area contributed by atoms with Crippen LogP contribution >= 0.6 is 15.9 Å². The Hall–Kier alpha value is -0.380. The van der Waals surface area contributed by atoms with Crippen molar-refractivity contribution >= 4 is 15.9 Å². The van der Waals surface area contributed by atoms with Gasteiger partial charge in [0.1, 0.15) is 0 Å². The average Bonchev–Trinajstić information content (AvgIpc) is 2.94. The lowest BCUT2D eigenvalue weighted by Crippen LogP contribution is -2.42. The van der Waals surface area contributed by atoms with Crippen LogP contribution in [0.5, 0.6) is 0 Å². The molecule has 1 unspecified atom stereocenters. The van der Waals surface area contributed by atoms with Crippen molar-refractivity contribution in [2.24, 2.45) is 0 Å². The molecule has 3 rings (SSSR count). The molecular weight excluding hydrogens is 288 g/mol. The number of nitrogens with zero attached hydrogens (tertiary/aromatic N) is 1. The summed E-state index contributed by atoms with van der Waals surface area (Å²) in [6, 6.07) is 9.70. The van der Waals surface area contributed by atoms with Crippen molar-refractivity contribution in [2.75, 3.05) is 26.2 Å². The fraction of sp³-hybridized carbons (Fsp3) is 0.600. The van der Waals surface area contributed by atoms with E-state index in [1.165, 1.54) is 55.5 Å². The number of rotatable bonds is 2. The largest absolute Gasteiger partial charge is 0.315 e. The van der Waals surface area contributed by atoms with Crippen LogP contribution in [0.1, 0.15) is 30.7 Å². The molecular formula is C15H21BrN2. The lowest BCUT2D eigenvalue weighted by Gasteiger charge is -2.35. The second kappa shape index (κ2) is 5.72. The van der Waals surface area contributed by atoms with Crippen LogP contribution in [-0.2, 0) is 0 Å². The van der Waals surface area contributed by atoms with Crippen LogP contribution in [0.4, 0.5) is 0 Å². The number of hydrogen-bond acceptors (Lipinski definition) is 2. The highest BCUT2D eigenvalue weighted by molar-refractivity contribution is 9.10. The lowest BCUT2D eigenvalue weighted by atomic mass is 9.89. The second-order valence-electron chi connectivity index (χ2n) is 5.51. The monoisotopic (exact) mass is 308 g/mol. The Morgan fingerprint density at radius 2 is 1.78 bits per heavy atom. The predicted molar refractivity (Wildman–Crippen MR) is 79.0 cm³/mol. The maximum atomic E-state index is 3.51. The number of nitrogens with one attached hydrogen (secondary N) is 1. The highest BCUT2D eigenvalue weighted by Crippen LogP contribution is 2.30. The van der Waals surface area contributed by atoms with Crippen molar-refractivity contribution in [2.45, 2.75) is 31.2 Å². The van der Waals surface area contributed by atoms with Gasteiger partial charge in [0.2, 0.25) is 0 Å². The fourth-order valence-corrected chi connectivity index (χ4v) is 3.55. The minimum absolute atomic E-state index is 0.767. The van der Waals surface area contributed by atoms with E-state index in [-0.39, 0.29) is 0 Å². The summed E-state index contributed by atoms with van der Waals surface area (Å²) in [5.74, 6) is 0.767. The van der Waals surface area contributed by atoms with E-state index in [2.05, 4.69) is 50.4 Å². The van der Waals surface area contributed by atoms with Crippen LogP contribution < -0.4 is 5.32 Å². The third-order valence-electron chi connectivity index (χ3n) is 4.42. The maximum Gasteiger partial charge on any atom is 0.0232 e. The summed E-state index contributed by atoms with van der Waals surface area (Å²) in [5, 5.41) is 3.47. The summed E-state index contributed by atoms with van der Waals surface area (Å²) in [6.07, 6.45) is 3.97. The Morgan fingerprint density at radius 1 is 1.06 bits per heavy atom. The van der Waals surface area contributed by atoms with E-state index in [0.717, 1.165) is 12.0 Å². The standard InChI is InChI=1S/C15H21BrN2/c16-14-3-1-12(2-4-14)13-6-9-18(10-7-13)15-5-8-17-11-15/h1-4,13,15,17H,5-11H2. The summed E-state index contributed by atoms with van der Waals surface area (Å²) >= 11 is 3.51. The summed E-state index contributed by atoms with van der Waals surface area (Å²) in [5.41, 5.74) is 1.52. The van der Waals surface area contributed by atoms with Gasteiger partial charge in [-0.25, -0.2) is 0 Å². The molecule has 2 saturated heterocycles. The van der Waals surface area contributed by atoms with Gasteiger partial charge in [-0.1, -0.05) is 28.1 Å². The van der Waals surface area contributed by atoms with Gasteiger partial charge < -0.3 is 5.32 Å². The molecule has 0 aromatic heterocycles. The van der Waals surface area contributed by atoms with Gasteiger partial charge in [-0.05, 0) is 62.5 Å². The molecule has 2 nitrogen and oxygen atoms in total. The molecule has 0 aliphatic carbocycles. The van der Waals surface area contributed by atoms with Crippen molar-refractivity contribution in [1.82, 2.24) is 10.2 Å². The fourth-order valence-electron chi connectivity index (χ4n) is 3.28. The van der Waals surface area contributed by atoms with Crippen molar-refractivity contribution in [3.63, 3.8) is 0 Å². The van der Waals surface area contributed by atoms with Crippen LogP contribution in [-0.4, -0.2) is 37.1 Å². The summed E-state index contributed by atoms with van der Waals surface area (Å²) < 4.78 is 1.18. The number of hydrogen-bond donors (Lipinski definition) is 1. The molecule has 1 aromatic carbocycles. The third kappa shape index (κ3) is 2.79. The molecule has 1 aromatic rings. The number of halogens is 1. The molecule has 0 amide bonds. The van der Waals surface area contributed by atoms with E-state index in [4.69, 9.17) is 0 Å². The molecule has 2 aliphatic rings. The lowest BCUT2D eigenvalue weighted by molar-refractivity contribution is 0.161. The number of likely N-dealkylation sites (tertiary alicyclic amines) is 1. The minimum atomic E-state index is 0.767. The molecule has 1 N–H and O–H groups in total. The van der Waals surface area contributed by atoms with E-state index in [1.807, 2.05) is 0 Å². The smallest absolute Gasteiger partial charge is 0.0232 e. The summed E-state index contributed by atoms with van der Waals surface area (Å²) in [4.78, 5) is 2.69. The van der Waals surface area contributed by atoms with Gasteiger partial charge in [-0.15, -0.1) is 0 Å². The van der Waals surface area contributed by atoms with Gasteiger partial charge in [-0.2, -0.15) is 0 Å². The zero-order valence-electron chi connectivity index (χ0n) is 10.7. The third-order valence-corrected chi connectivity index (χ3v) is 4.95. The molecule has 2 aliphatic heterocycles. The van der Waals surface area contributed by atoms with Gasteiger partial charge >= 0.3 is 0 Å². The first kappa shape index (κ1) is 12.6. The van der Waals surface area contributed by atoms with Gasteiger partial charge in [-0.3, -0.25) is 4.90 Å². The van der Waals surface area contributed by atoms with Crippen molar-refractivity contribution in [3.8, 4) is 0 Å². The molecule has 98 valence electrons. The van der Waals surface area contributed by atoms with E-state index < -0.39 is 0 Å². The first-order chi connectivity index (χ1) is 8.83. The minimum Gasteiger partial charge on any atom is -0.315 e. The SMILES string of the molecule is Brc1ccc(C2CCN(C3CCNC3)CC2)cc1. The van der Waals surface area contributed by atoms with Crippen molar-refractivity contribution in [3.05, 3.63) is 34.3 Å². The average molecular weight is 309 g/mol. The van der Waals surface area contributed by atoms with E-state index >= 15 is 0 Å².